The van der Waals surface area contributed by atoms with Gasteiger partial charge in [-0.2, -0.15) is 5.10 Å². The normalized spacial score (nSPS) is 23.6. The van der Waals surface area contributed by atoms with Crippen LogP contribution in [0.4, 0.5) is 0 Å². The van der Waals surface area contributed by atoms with E-state index in [4.69, 9.17) is 4.74 Å². The van der Waals surface area contributed by atoms with Gasteiger partial charge >= 0.3 is 0 Å². The fraction of sp³-hybridized carbons (Fsp3) is 0.607. The molecule has 8 heteroatoms. The van der Waals surface area contributed by atoms with Gasteiger partial charge in [-0.3, -0.25) is 19.6 Å². The van der Waals surface area contributed by atoms with Crippen molar-refractivity contribution in [3.63, 3.8) is 0 Å². The first-order valence-corrected chi connectivity index (χ1v) is 13.6. The molecule has 1 aromatic heterocycles. The largest absolute Gasteiger partial charge is 0.493 e. The highest BCUT2D eigenvalue weighted by atomic mass is 16.5. The molecular weight excluding hydrogens is 454 g/mol. The van der Waals surface area contributed by atoms with Crippen LogP contribution in [0.25, 0.3) is 0 Å². The van der Waals surface area contributed by atoms with Gasteiger partial charge in [0.2, 0.25) is 11.8 Å². The molecule has 36 heavy (non-hydrogen) atoms. The Balaban J connectivity index is 1.18. The molecule has 0 radical (unpaired) electrons. The molecule has 194 valence electrons. The molecule has 3 aliphatic rings. The summed E-state index contributed by atoms with van der Waals surface area (Å²) in [5, 5.41) is 10.3. The van der Waals surface area contributed by atoms with Gasteiger partial charge in [0.25, 0.3) is 0 Å². The number of rotatable bonds is 3. The highest BCUT2D eigenvalue weighted by Crippen LogP contribution is 2.38. The Bertz CT molecular complexity index is 1020. The first-order valence-electron chi connectivity index (χ1n) is 13.6. The second-order valence-electron chi connectivity index (χ2n) is 10.6. The maximum Gasteiger partial charge on any atom is 0.237 e. The predicted molar refractivity (Wildman–Crippen MR) is 138 cm³/mol. The number of H-pyrrole nitrogens is 1. The molecule has 0 saturated carbocycles. The molecule has 1 aromatic carbocycles. The van der Waals surface area contributed by atoms with Crippen molar-refractivity contribution in [2.45, 2.75) is 63.8 Å². The Morgan fingerprint density at radius 2 is 1.92 bits per heavy atom. The van der Waals surface area contributed by atoms with E-state index in [9.17, 15) is 9.59 Å². The number of aromatic amines is 1. The van der Waals surface area contributed by atoms with Crippen LogP contribution in [0.5, 0.6) is 5.75 Å². The van der Waals surface area contributed by atoms with Crippen LogP contribution in [0.1, 0.15) is 68.7 Å². The van der Waals surface area contributed by atoms with Crippen LogP contribution >= 0.6 is 0 Å². The Morgan fingerprint density at radius 1 is 1.06 bits per heavy atom. The lowest BCUT2D eigenvalue weighted by molar-refractivity contribution is -0.137. The lowest BCUT2D eigenvalue weighted by Crippen LogP contribution is -2.51. The second kappa shape index (κ2) is 11.5. The second-order valence-corrected chi connectivity index (χ2v) is 10.6. The molecule has 1 atom stereocenters. The minimum atomic E-state index is -0.333. The van der Waals surface area contributed by atoms with Crippen molar-refractivity contribution in [1.82, 2.24) is 25.3 Å². The monoisotopic (exact) mass is 493 g/mol. The van der Waals surface area contributed by atoms with Crippen LogP contribution in [-0.4, -0.2) is 71.1 Å². The van der Waals surface area contributed by atoms with Gasteiger partial charge < -0.3 is 15.0 Å². The van der Waals surface area contributed by atoms with Gasteiger partial charge in [-0.05, 0) is 82.2 Å². The van der Waals surface area contributed by atoms with Crippen molar-refractivity contribution in [3.05, 3.63) is 47.8 Å². The maximum atomic E-state index is 13.4. The molecule has 8 nitrogen and oxygen atoms in total. The minimum Gasteiger partial charge on any atom is -0.493 e. The Morgan fingerprint density at radius 3 is 2.75 bits per heavy atom. The number of ether oxygens (including phenoxy) is 1. The van der Waals surface area contributed by atoms with E-state index in [2.05, 4.69) is 32.5 Å². The van der Waals surface area contributed by atoms with Crippen molar-refractivity contribution < 1.29 is 14.3 Å². The number of aromatic nitrogens is 2. The number of piperidine rings is 1. The van der Waals surface area contributed by atoms with Gasteiger partial charge in [0.1, 0.15) is 5.75 Å². The highest BCUT2D eigenvalue weighted by Gasteiger charge is 2.41. The smallest absolute Gasteiger partial charge is 0.237 e. The molecule has 2 amide bonds. The molecule has 2 N–H and O–H groups in total. The topological polar surface area (TPSA) is 90.6 Å². The predicted octanol–water partition coefficient (Wildman–Crippen LogP) is 3.47. The lowest BCUT2D eigenvalue weighted by Gasteiger charge is -2.41. The summed E-state index contributed by atoms with van der Waals surface area (Å²) in [4.78, 5) is 30.8. The molecule has 1 spiro atoms. The Labute approximate surface area is 213 Å². The van der Waals surface area contributed by atoms with Gasteiger partial charge in [-0.25, -0.2) is 0 Å². The average molecular weight is 494 g/mol. The number of carbonyl (C=O) groups is 2. The summed E-state index contributed by atoms with van der Waals surface area (Å²) in [6, 6.07) is 10.4. The first kappa shape index (κ1) is 24.8. The van der Waals surface area contributed by atoms with Crippen molar-refractivity contribution in [3.8, 4) is 5.75 Å². The summed E-state index contributed by atoms with van der Waals surface area (Å²) >= 11 is 0. The quantitative estimate of drug-likeness (QED) is 0.683. The van der Waals surface area contributed by atoms with Crippen molar-refractivity contribution in [1.29, 1.82) is 0 Å². The number of aryl methyl sites for hydroxylation is 1. The van der Waals surface area contributed by atoms with Gasteiger partial charge in [-0.1, -0.05) is 24.6 Å². The SMILES string of the molecule is O=C(CN1CCC2(CCCCc3ccccc3OCCCNC2=O)CC1)N1CCCC1c1ccn[nH]1. The summed E-state index contributed by atoms with van der Waals surface area (Å²) in [5.74, 6) is 1.34. The van der Waals surface area contributed by atoms with E-state index in [1.54, 1.807) is 6.20 Å². The lowest BCUT2D eigenvalue weighted by atomic mass is 9.73. The minimum absolute atomic E-state index is 0.103. The number of nitrogens with one attached hydrogen (secondary N) is 2. The number of benzene rings is 1. The van der Waals surface area contributed by atoms with Crippen LogP contribution in [-0.2, 0) is 16.0 Å². The zero-order valence-electron chi connectivity index (χ0n) is 21.2. The fourth-order valence-corrected chi connectivity index (χ4v) is 6.13. The number of likely N-dealkylation sites (tertiary alicyclic amines) is 2. The number of carbonyl (C=O) groups excluding carboxylic acids is 2. The van der Waals surface area contributed by atoms with E-state index in [1.807, 2.05) is 23.1 Å². The summed E-state index contributed by atoms with van der Waals surface area (Å²) < 4.78 is 6.00. The third-order valence-corrected chi connectivity index (χ3v) is 8.30. The molecular formula is C28H39N5O3. The molecule has 5 rings (SSSR count). The van der Waals surface area contributed by atoms with Gasteiger partial charge in [0, 0.05) is 19.3 Å². The standard InChI is InChI=1S/C28H39N5O3/c34-26(33-17-5-9-24(33)23-11-16-30-31-23)21-32-18-13-28(14-19-32)12-4-3-8-22-7-1-2-10-25(22)36-20-6-15-29-27(28)35/h1-2,7,10-11,16,24H,3-6,8-9,12-15,17-21H2,(H,29,35)(H,30,31). The third kappa shape index (κ3) is 5.59. The van der Waals surface area contributed by atoms with E-state index in [-0.39, 0.29) is 23.3 Å². The fourth-order valence-electron chi connectivity index (χ4n) is 6.13. The summed E-state index contributed by atoms with van der Waals surface area (Å²) in [7, 11) is 0. The number of hydrogen-bond acceptors (Lipinski definition) is 5. The Hall–Kier alpha value is -2.87. The van der Waals surface area contributed by atoms with E-state index < -0.39 is 0 Å². The van der Waals surface area contributed by atoms with E-state index >= 15 is 0 Å². The average Bonchev–Trinajstić information content (AvgIpc) is 3.60. The van der Waals surface area contributed by atoms with E-state index in [0.717, 1.165) is 88.9 Å². The molecule has 1 unspecified atom stereocenters. The molecule has 0 aliphatic carbocycles. The maximum absolute atomic E-state index is 13.4. The zero-order chi connectivity index (χ0) is 24.8. The number of amides is 2. The Kier molecular flexibility index (Phi) is 7.90. The molecule has 2 aromatic rings. The molecule has 2 fully saturated rings. The van der Waals surface area contributed by atoms with Crippen molar-refractivity contribution >= 4 is 11.8 Å². The number of hydrogen-bond donors (Lipinski definition) is 2. The van der Waals surface area contributed by atoms with Gasteiger partial charge in [-0.15, -0.1) is 0 Å². The highest BCUT2D eigenvalue weighted by molar-refractivity contribution is 5.83. The summed E-state index contributed by atoms with van der Waals surface area (Å²) in [5.41, 5.74) is 1.95. The number of para-hydroxylation sites is 1. The molecule has 4 heterocycles. The van der Waals surface area contributed by atoms with Crippen LogP contribution in [0.2, 0.25) is 0 Å². The number of fused-ring (bicyclic) bond motifs is 1. The van der Waals surface area contributed by atoms with E-state index in [0.29, 0.717) is 19.7 Å². The summed E-state index contributed by atoms with van der Waals surface area (Å²) in [6.45, 7) is 4.04. The molecule has 3 aliphatic heterocycles. The van der Waals surface area contributed by atoms with Crippen LogP contribution in [0, 0.1) is 5.41 Å². The first-order chi connectivity index (χ1) is 17.6. The molecule has 2 saturated heterocycles. The molecule has 0 bridgehead atoms. The zero-order valence-corrected chi connectivity index (χ0v) is 21.2. The van der Waals surface area contributed by atoms with Crippen LogP contribution in [0.3, 0.4) is 0 Å². The van der Waals surface area contributed by atoms with Gasteiger partial charge in [0.05, 0.1) is 30.3 Å². The van der Waals surface area contributed by atoms with E-state index in [1.165, 1.54) is 5.56 Å². The van der Waals surface area contributed by atoms with Gasteiger partial charge in [0.15, 0.2) is 0 Å². The summed E-state index contributed by atoms with van der Waals surface area (Å²) in [6.07, 6.45) is 10.1. The van der Waals surface area contributed by atoms with Crippen LogP contribution < -0.4 is 10.1 Å². The van der Waals surface area contributed by atoms with Crippen molar-refractivity contribution in [2.75, 3.05) is 39.3 Å². The van der Waals surface area contributed by atoms with Crippen LogP contribution in [0.15, 0.2) is 36.5 Å². The number of nitrogens with zero attached hydrogens (tertiary/aromatic N) is 3. The van der Waals surface area contributed by atoms with Crippen molar-refractivity contribution in [2.24, 2.45) is 5.41 Å². The third-order valence-electron chi connectivity index (χ3n) is 8.30.